The first-order valence-corrected chi connectivity index (χ1v) is 20.7. The Kier molecular flexibility index (Phi) is 12.3. The largest absolute Gasteiger partial charge is 0.449 e. The molecule has 2 aliphatic heterocycles. The molecule has 40 heavy (non-hydrogen) atoms. The van der Waals surface area contributed by atoms with E-state index in [0.717, 1.165) is 19.3 Å². The summed E-state index contributed by atoms with van der Waals surface area (Å²) in [6, 6.07) is -0.382. The summed E-state index contributed by atoms with van der Waals surface area (Å²) in [5, 5.41) is 5.30. The van der Waals surface area contributed by atoms with E-state index in [4.69, 9.17) is 18.3 Å². The number of ether oxygens (including phenoxy) is 2. The lowest BCUT2D eigenvalue weighted by Crippen LogP contribution is -2.56. The number of hydrogen-bond donors (Lipinski definition) is 2. The fraction of sp³-hybridized carbons (Fsp3) is 0.893. The average molecular weight is 601 g/mol. The molecule has 0 bridgehead atoms. The summed E-state index contributed by atoms with van der Waals surface area (Å²) in [6.07, 6.45) is 4.24. The highest BCUT2D eigenvalue weighted by atomic mass is 28.4. The number of amides is 3. The Balaban J connectivity index is 2.03. The van der Waals surface area contributed by atoms with Crippen molar-refractivity contribution in [2.45, 2.75) is 142 Å². The number of aliphatic imine (C=N–C) groups is 1. The molecule has 0 aromatic heterocycles. The molecule has 3 amide bonds. The molecule has 12 heteroatoms. The molecule has 0 aromatic rings. The second-order valence-electron chi connectivity index (χ2n) is 14.1. The predicted molar refractivity (Wildman–Crippen MR) is 164 cm³/mol. The summed E-state index contributed by atoms with van der Waals surface area (Å²) < 4.78 is 25.0. The number of carbonyl (C=O) groups is 2. The number of hydrogen-bond acceptors (Lipinski definition) is 7. The van der Waals surface area contributed by atoms with Crippen molar-refractivity contribution in [1.82, 2.24) is 15.5 Å². The fourth-order valence-corrected chi connectivity index (χ4v) is 6.32. The highest BCUT2D eigenvalue weighted by Gasteiger charge is 2.48. The molecule has 10 nitrogen and oxygen atoms in total. The van der Waals surface area contributed by atoms with Gasteiger partial charge in [-0.05, 0) is 42.7 Å². The summed E-state index contributed by atoms with van der Waals surface area (Å²) >= 11 is 0. The summed E-state index contributed by atoms with van der Waals surface area (Å²) in [6.45, 7) is 25.2. The number of nitrogens with zero attached hydrogens (tertiary/aromatic N) is 2. The smallest absolute Gasteiger partial charge is 0.413 e. The van der Waals surface area contributed by atoms with E-state index in [9.17, 15) is 9.59 Å². The van der Waals surface area contributed by atoms with E-state index in [1.165, 1.54) is 12.8 Å². The van der Waals surface area contributed by atoms with Crippen molar-refractivity contribution in [3.8, 4) is 0 Å². The highest BCUT2D eigenvalue weighted by Crippen LogP contribution is 2.41. The lowest BCUT2D eigenvalue weighted by atomic mass is 10.2. The summed E-state index contributed by atoms with van der Waals surface area (Å²) in [5.41, 5.74) is 0. The third-order valence-electron chi connectivity index (χ3n) is 8.76. The molecule has 3 atom stereocenters. The zero-order chi connectivity index (χ0) is 30.4. The molecular weight excluding hydrogens is 545 g/mol. The number of unbranched alkanes of at least 4 members (excludes halogenated alkanes) is 4. The number of rotatable bonds is 12. The van der Waals surface area contributed by atoms with Crippen molar-refractivity contribution in [3.63, 3.8) is 0 Å². The zero-order valence-electron chi connectivity index (χ0n) is 26.9. The number of urea groups is 1. The van der Waals surface area contributed by atoms with E-state index in [-0.39, 0.29) is 40.9 Å². The first kappa shape index (κ1) is 34.7. The van der Waals surface area contributed by atoms with E-state index in [2.05, 4.69) is 90.3 Å². The van der Waals surface area contributed by atoms with Gasteiger partial charge in [0, 0.05) is 6.42 Å². The van der Waals surface area contributed by atoms with Gasteiger partial charge in [-0.1, -0.05) is 74.1 Å². The molecule has 0 radical (unpaired) electrons. The molecule has 1 saturated heterocycles. The van der Waals surface area contributed by atoms with Crippen molar-refractivity contribution in [2.75, 3.05) is 19.9 Å². The van der Waals surface area contributed by atoms with Gasteiger partial charge in [-0.15, -0.1) is 0 Å². The monoisotopic (exact) mass is 600 g/mol. The van der Waals surface area contributed by atoms with Crippen LogP contribution in [0, 0.1) is 0 Å². The topological polar surface area (TPSA) is 111 Å². The van der Waals surface area contributed by atoms with E-state index in [1.54, 1.807) is 4.90 Å². The van der Waals surface area contributed by atoms with Gasteiger partial charge in [-0.2, -0.15) is 0 Å². The molecule has 0 spiro atoms. The standard InChI is InChI=1S/C28H56N4O6Si2/c1-12-13-14-15-16-17-35-26(34)31-24-29-20-32(25(33)30-24)23-18-21(38-40(10,11)28(5,6)7)22(37-23)19-36-39(8,9)27(2,3)4/h21-23H,12-20H2,1-11H3,(H2,29,30,31,33,34). The van der Waals surface area contributed by atoms with Crippen molar-refractivity contribution in [2.24, 2.45) is 4.99 Å². The molecule has 0 saturated carbocycles. The van der Waals surface area contributed by atoms with Crippen LogP contribution >= 0.6 is 0 Å². The second-order valence-corrected chi connectivity index (χ2v) is 23.6. The van der Waals surface area contributed by atoms with Crippen molar-refractivity contribution >= 4 is 34.7 Å². The van der Waals surface area contributed by atoms with Gasteiger partial charge in [0.1, 0.15) is 19.0 Å². The van der Waals surface area contributed by atoms with Crippen LogP contribution in [0.25, 0.3) is 0 Å². The van der Waals surface area contributed by atoms with Crippen LogP contribution in [0.15, 0.2) is 4.99 Å². The van der Waals surface area contributed by atoms with Crippen molar-refractivity contribution in [1.29, 1.82) is 0 Å². The van der Waals surface area contributed by atoms with Gasteiger partial charge >= 0.3 is 12.1 Å². The Bertz CT molecular complexity index is 885. The van der Waals surface area contributed by atoms with Crippen LogP contribution in [-0.2, 0) is 18.3 Å². The van der Waals surface area contributed by atoms with Crippen molar-refractivity contribution < 1.29 is 27.9 Å². The van der Waals surface area contributed by atoms with E-state index >= 15 is 0 Å². The van der Waals surface area contributed by atoms with Crippen molar-refractivity contribution in [3.05, 3.63) is 0 Å². The van der Waals surface area contributed by atoms with Gasteiger partial charge in [0.2, 0.25) is 5.96 Å². The molecule has 3 unspecified atom stereocenters. The van der Waals surface area contributed by atoms with Crippen LogP contribution in [0.4, 0.5) is 9.59 Å². The molecule has 2 N–H and O–H groups in total. The molecule has 0 aromatic carbocycles. The molecule has 2 rings (SSSR count). The van der Waals surface area contributed by atoms with E-state index in [0.29, 0.717) is 19.6 Å². The maximum Gasteiger partial charge on any atom is 0.413 e. The number of guanidine groups is 1. The molecular formula is C28H56N4O6Si2. The average Bonchev–Trinajstić information content (AvgIpc) is 3.20. The second kappa shape index (κ2) is 14.1. The van der Waals surface area contributed by atoms with E-state index < -0.39 is 29.0 Å². The van der Waals surface area contributed by atoms with E-state index in [1.807, 2.05) is 0 Å². The minimum atomic E-state index is -2.10. The van der Waals surface area contributed by atoms with Crippen LogP contribution in [0.3, 0.4) is 0 Å². The maximum absolute atomic E-state index is 13.0. The number of nitrogens with one attached hydrogen (secondary N) is 2. The van der Waals surface area contributed by atoms with Crippen LogP contribution in [-0.4, -0.2) is 77.9 Å². The summed E-state index contributed by atoms with van der Waals surface area (Å²) in [7, 11) is -4.11. The van der Waals surface area contributed by atoms with Crippen LogP contribution in [0.1, 0.15) is 87.0 Å². The van der Waals surface area contributed by atoms with Crippen LogP contribution in [0.5, 0.6) is 0 Å². The number of alkyl carbamates (subject to hydrolysis) is 1. The normalized spacial score (nSPS) is 22.7. The van der Waals surface area contributed by atoms with Crippen LogP contribution < -0.4 is 10.6 Å². The lowest BCUT2D eigenvalue weighted by molar-refractivity contribution is -0.0602. The Morgan fingerprint density at radius 1 is 1.05 bits per heavy atom. The first-order chi connectivity index (χ1) is 18.4. The quantitative estimate of drug-likeness (QED) is 0.194. The number of carbonyl (C=O) groups excluding carboxylic acids is 2. The molecule has 1 fully saturated rings. The zero-order valence-corrected chi connectivity index (χ0v) is 28.9. The molecule has 232 valence electrons. The minimum Gasteiger partial charge on any atom is -0.449 e. The van der Waals surface area contributed by atoms with Crippen LogP contribution in [0.2, 0.25) is 36.3 Å². The Labute approximate surface area is 244 Å². The van der Waals surface area contributed by atoms with Gasteiger partial charge in [0.25, 0.3) is 0 Å². The minimum absolute atomic E-state index is 0.0351. The third kappa shape index (κ3) is 9.82. The highest BCUT2D eigenvalue weighted by molar-refractivity contribution is 6.74. The van der Waals surface area contributed by atoms with Gasteiger partial charge in [-0.25, -0.2) is 14.6 Å². The van der Waals surface area contributed by atoms with Gasteiger partial charge < -0.3 is 18.3 Å². The lowest BCUT2D eigenvalue weighted by Gasteiger charge is -2.40. The van der Waals surface area contributed by atoms with Gasteiger partial charge in [-0.3, -0.25) is 15.5 Å². The molecule has 0 aliphatic carbocycles. The Morgan fingerprint density at radius 2 is 1.68 bits per heavy atom. The van der Waals surface area contributed by atoms with Gasteiger partial charge in [0.15, 0.2) is 16.6 Å². The Hall–Kier alpha value is -1.48. The Morgan fingerprint density at radius 3 is 2.25 bits per heavy atom. The predicted octanol–water partition coefficient (Wildman–Crippen LogP) is 6.55. The first-order valence-electron chi connectivity index (χ1n) is 14.9. The summed E-state index contributed by atoms with van der Waals surface area (Å²) in [4.78, 5) is 31.1. The van der Waals surface area contributed by atoms with Gasteiger partial charge in [0.05, 0.1) is 19.3 Å². The SMILES string of the molecule is CCCCCCCOC(=O)NC1=NCN(C2CC(O[Si](C)(C)C(C)(C)C)C(CO[Si](C)(C)C(C)(C)C)O2)C(=O)N1. The maximum atomic E-state index is 13.0. The molecule has 2 heterocycles. The molecule has 2 aliphatic rings. The fourth-order valence-electron chi connectivity index (χ4n) is 3.95. The third-order valence-corrected chi connectivity index (χ3v) is 17.8. The summed E-state index contributed by atoms with van der Waals surface area (Å²) in [5.74, 6) is 0.0853.